The van der Waals surface area contributed by atoms with Gasteiger partial charge in [0.25, 0.3) is 0 Å². The molecule has 1 aliphatic rings. The number of likely N-dealkylation sites (tertiary alicyclic amines) is 1. The van der Waals surface area contributed by atoms with Crippen molar-refractivity contribution in [1.29, 1.82) is 0 Å². The van der Waals surface area contributed by atoms with E-state index in [0.29, 0.717) is 0 Å². The lowest BCUT2D eigenvalue weighted by atomic mass is 10.0. The van der Waals surface area contributed by atoms with Crippen LogP contribution in [0.25, 0.3) is 10.8 Å². The zero-order chi connectivity index (χ0) is 16.4. The quantitative estimate of drug-likeness (QED) is 0.798. The highest BCUT2D eigenvalue weighted by atomic mass is 16.6. The molecule has 0 aromatic heterocycles. The Labute approximate surface area is 138 Å². The Morgan fingerprint density at radius 3 is 2.65 bits per heavy atom. The van der Waals surface area contributed by atoms with Gasteiger partial charge in [-0.1, -0.05) is 42.5 Å². The molecule has 1 amide bonds. The molecule has 0 N–H and O–H groups in total. The highest BCUT2D eigenvalue weighted by Crippen LogP contribution is 2.25. The molecule has 1 saturated heterocycles. The number of ether oxygens (including phenoxy) is 1. The zero-order valence-electron chi connectivity index (χ0n) is 14.2. The van der Waals surface area contributed by atoms with Crippen molar-refractivity contribution < 1.29 is 9.53 Å². The van der Waals surface area contributed by atoms with Gasteiger partial charge >= 0.3 is 6.09 Å². The molecule has 0 unspecified atom stereocenters. The van der Waals surface area contributed by atoms with E-state index in [1.165, 1.54) is 16.3 Å². The monoisotopic (exact) mass is 311 g/mol. The summed E-state index contributed by atoms with van der Waals surface area (Å²) < 4.78 is 5.55. The molecule has 1 heterocycles. The first-order valence-corrected chi connectivity index (χ1v) is 8.40. The van der Waals surface area contributed by atoms with Crippen LogP contribution in [0, 0.1) is 0 Å². The predicted octanol–water partition coefficient (Wildman–Crippen LogP) is 4.78. The average molecular weight is 311 g/mol. The minimum Gasteiger partial charge on any atom is -0.444 e. The van der Waals surface area contributed by atoms with Crippen molar-refractivity contribution in [3.8, 4) is 0 Å². The highest BCUT2D eigenvalue weighted by molar-refractivity contribution is 5.83. The number of hydrogen-bond donors (Lipinski definition) is 0. The van der Waals surface area contributed by atoms with Gasteiger partial charge in [-0.2, -0.15) is 0 Å². The van der Waals surface area contributed by atoms with E-state index in [1.807, 2.05) is 25.7 Å². The molecule has 3 nitrogen and oxygen atoms in total. The molecule has 2 aromatic carbocycles. The van der Waals surface area contributed by atoms with E-state index in [4.69, 9.17) is 4.74 Å². The van der Waals surface area contributed by atoms with Crippen LogP contribution in [0.5, 0.6) is 0 Å². The normalized spacial score (nSPS) is 18.4. The molecular formula is C20H25NO2. The van der Waals surface area contributed by atoms with Gasteiger partial charge in [-0.25, -0.2) is 4.79 Å². The molecule has 3 rings (SSSR count). The number of benzene rings is 2. The van der Waals surface area contributed by atoms with Crippen LogP contribution in [0.1, 0.15) is 39.2 Å². The summed E-state index contributed by atoms with van der Waals surface area (Å²) in [4.78, 5) is 14.3. The molecule has 1 atom stereocenters. The molecule has 0 saturated carbocycles. The van der Waals surface area contributed by atoms with E-state index in [9.17, 15) is 4.79 Å². The van der Waals surface area contributed by atoms with Gasteiger partial charge in [0.1, 0.15) is 5.60 Å². The number of carbonyl (C=O) groups is 1. The van der Waals surface area contributed by atoms with Gasteiger partial charge in [0, 0.05) is 12.6 Å². The Kier molecular flexibility index (Phi) is 4.29. The summed E-state index contributed by atoms with van der Waals surface area (Å²) in [6.07, 6.45) is 2.81. The van der Waals surface area contributed by atoms with Gasteiger partial charge < -0.3 is 9.64 Å². The summed E-state index contributed by atoms with van der Waals surface area (Å²) in [6, 6.07) is 15.2. The number of rotatable bonds is 2. The first-order valence-electron chi connectivity index (χ1n) is 8.40. The van der Waals surface area contributed by atoms with Crippen LogP contribution in [-0.2, 0) is 11.2 Å². The van der Waals surface area contributed by atoms with Crippen molar-refractivity contribution in [2.24, 2.45) is 0 Å². The van der Waals surface area contributed by atoms with E-state index in [1.54, 1.807) is 0 Å². The second-order valence-corrected chi connectivity index (χ2v) is 7.36. The van der Waals surface area contributed by atoms with Gasteiger partial charge in [0.2, 0.25) is 0 Å². The van der Waals surface area contributed by atoms with Crippen molar-refractivity contribution >= 4 is 16.9 Å². The number of carbonyl (C=O) groups excluding carboxylic acids is 1. The van der Waals surface area contributed by atoms with Crippen LogP contribution < -0.4 is 0 Å². The van der Waals surface area contributed by atoms with Gasteiger partial charge in [-0.05, 0) is 56.4 Å². The molecule has 2 aromatic rings. The molecule has 1 fully saturated rings. The maximum atomic E-state index is 12.4. The van der Waals surface area contributed by atoms with E-state index in [0.717, 1.165) is 25.8 Å². The number of fused-ring (bicyclic) bond motifs is 1. The smallest absolute Gasteiger partial charge is 0.410 e. The lowest BCUT2D eigenvalue weighted by Gasteiger charge is -2.28. The van der Waals surface area contributed by atoms with Gasteiger partial charge in [-0.3, -0.25) is 0 Å². The van der Waals surface area contributed by atoms with Gasteiger partial charge in [-0.15, -0.1) is 0 Å². The first kappa shape index (κ1) is 15.9. The van der Waals surface area contributed by atoms with Crippen LogP contribution in [0.4, 0.5) is 4.79 Å². The fourth-order valence-electron chi connectivity index (χ4n) is 3.25. The molecule has 1 aliphatic heterocycles. The summed E-state index contributed by atoms with van der Waals surface area (Å²) in [5.41, 5.74) is 0.844. The van der Waals surface area contributed by atoms with Crippen LogP contribution in [0.2, 0.25) is 0 Å². The third kappa shape index (κ3) is 3.84. The first-order chi connectivity index (χ1) is 10.9. The summed E-state index contributed by atoms with van der Waals surface area (Å²) >= 11 is 0. The highest BCUT2D eigenvalue weighted by Gasteiger charge is 2.32. The largest absolute Gasteiger partial charge is 0.444 e. The Bertz CT molecular complexity index is 702. The topological polar surface area (TPSA) is 29.5 Å². The van der Waals surface area contributed by atoms with Crippen LogP contribution >= 0.6 is 0 Å². The van der Waals surface area contributed by atoms with Gasteiger partial charge in [0.05, 0.1) is 0 Å². The van der Waals surface area contributed by atoms with E-state index < -0.39 is 5.60 Å². The number of amides is 1. The van der Waals surface area contributed by atoms with Crippen LogP contribution in [0.3, 0.4) is 0 Å². The molecule has 122 valence electrons. The fourth-order valence-corrected chi connectivity index (χ4v) is 3.25. The lowest BCUT2D eigenvalue weighted by Crippen LogP contribution is -2.40. The molecule has 0 spiro atoms. The second-order valence-electron chi connectivity index (χ2n) is 7.36. The Balaban J connectivity index is 1.73. The minimum absolute atomic E-state index is 0.180. The number of nitrogens with zero attached hydrogens (tertiary/aromatic N) is 1. The third-order valence-electron chi connectivity index (χ3n) is 4.29. The Morgan fingerprint density at radius 2 is 1.91 bits per heavy atom. The Hall–Kier alpha value is -2.03. The predicted molar refractivity (Wildman–Crippen MR) is 93.6 cm³/mol. The molecule has 0 bridgehead atoms. The molecule has 0 aliphatic carbocycles. The maximum absolute atomic E-state index is 12.4. The van der Waals surface area contributed by atoms with Crippen molar-refractivity contribution in [1.82, 2.24) is 4.90 Å². The standard InChI is InChI=1S/C20H25NO2/c1-20(2,3)23-19(22)21-12-6-9-18(21)14-15-10-11-16-7-4-5-8-17(16)13-15/h4-5,7-8,10-11,13,18H,6,9,12,14H2,1-3H3/t18-/m1/s1. The second kappa shape index (κ2) is 6.23. The third-order valence-corrected chi connectivity index (χ3v) is 4.29. The molecule has 3 heteroatoms. The summed E-state index contributed by atoms with van der Waals surface area (Å²) in [5, 5.41) is 2.51. The minimum atomic E-state index is -0.437. The summed E-state index contributed by atoms with van der Waals surface area (Å²) in [6.45, 7) is 6.55. The summed E-state index contributed by atoms with van der Waals surface area (Å²) in [7, 11) is 0. The maximum Gasteiger partial charge on any atom is 0.410 e. The van der Waals surface area contributed by atoms with E-state index in [2.05, 4.69) is 42.5 Å². The van der Waals surface area contributed by atoms with E-state index >= 15 is 0 Å². The van der Waals surface area contributed by atoms with E-state index in [-0.39, 0.29) is 12.1 Å². The van der Waals surface area contributed by atoms with Crippen molar-refractivity contribution in [3.05, 3.63) is 48.0 Å². The van der Waals surface area contributed by atoms with Crippen molar-refractivity contribution in [2.75, 3.05) is 6.54 Å². The Morgan fingerprint density at radius 1 is 1.17 bits per heavy atom. The lowest BCUT2D eigenvalue weighted by molar-refractivity contribution is 0.0227. The van der Waals surface area contributed by atoms with Crippen LogP contribution in [0.15, 0.2) is 42.5 Å². The van der Waals surface area contributed by atoms with Crippen molar-refractivity contribution in [3.63, 3.8) is 0 Å². The molecule has 0 radical (unpaired) electrons. The fraction of sp³-hybridized carbons (Fsp3) is 0.450. The van der Waals surface area contributed by atoms with Gasteiger partial charge in [0.15, 0.2) is 0 Å². The average Bonchev–Trinajstić information content (AvgIpc) is 2.93. The molecular weight excluding hydrogens is 286 g/mol. The SMILES string of the molecule is CC(C)(C)OC(=O)N1CCC[C@@H]1Cc1ccc2ccccc2c1. The van der Waals surface area contributed by atoms with Crippen molar-refractivity contribution in [2.45, 2.75) is 51.7 Å². The molecule has 23 heavy (non-hydrogen) atoms. The zero-order valence-corrected chi connectivity index (χ0v) is 14.2. The summed E-state index contributed by atoms with van der Waals surface area (Å²) in [5.74, 6) is 0. The van der Waals surface area contributed by atoms with Crippen LogP contribution in [-0.4, -0.2) is 29.2 Å². The number of hydrogen-bond acceptors (Lipinski definition) is 2.